The second kappa shape index (κ2) is 10.8. The Morgan fingerprint density at radius 2 is 2.23 bits per heavy atom. The maximum Gasteiger partial charge on any atom is 0.305 e. The molecule has 1 heterocycles. The molecule has 0 aromatic heterocycles. The molecule has 5 heteroatoms. The topological polar surface area (TPSA) is 76.0 Å². The zero-order valence-corrected chi connectivity index (χ0v) is 18.7. The Morgan fingerprint density at radius 3 is 2.97 bits per heavy atom. The molecule has 168 valence electrons. The van der Waals surface area contributed by atoms with Crippen molar-refractivity contribution in [1.29, 1.82) is 0 Å². The third-order valence-electron chi connectivity index (χ3n) is 6.34. The number of rotatable bonds is 9. The van der Waals surface area contributed by atoms with E-state index < -0.39 is 12.2 Å². The van der Waals surface area contributed by atoms with Crippen molar-refractivity contribution >= 4 is 5.97 Å². The second-order valence-electron chi connectivity index (χ2n) is 8.54. The summed E-state index contributed by atoms with van der Waals surface area (Å²) in [6.07, 6.45) is 5.68. The molecule has 2 N–H and O–H groups in total. The zero-order valence-electron chi connectivity index (χ0n) is 18.7. The van der Waals surface area contributed by atoms with E-state index in [4.69, 9.17) is 9.47 Å². The molecule has 0 spiro atoms. The molecular formula is C26H34O5. The largest absolute Gasteiger partial charge is 0.489 e. The highest BCUT2D eigenvalue weighted by Gasteiger charge is 2.48. The van der Waals surface area contributed by atoms with E-state index in [2.05, 4.69) is 17.9 Å². The van der Waals surface area contributed by atoms with Gasteiger partial charge in [-0.25, -0.2) is 0 Å². The third-order valence-corrected chi connectivity index (χ3v) is 6.34. The van der Waals surface area contributed by atoms with Gasteiger partial charge in [-0.1, -0.05) is 37.3 Å². The molecule has 1 aliphatic heterocycles. The minimum atomic E-state index is -0.594. The fourth-order valence-electron chi connectivity index (χ4n) is 4.64. The van der Waals surface area contributed by atoms with Crippen LogP contribution in [0.4, 0.5) is 0 Å². The van der Waals surface area contributed by atoms with Crippen LogP contribution in [-0.2, 0) is 16.0 Å². The molecule has 6 atom stereocenters. The number of fused-ring (bicyclic) bond motifs is 3. The van der Waals surface area contributed by atoms with Crippen molar-refractivity contribution in [3.63, 3.8) is 0 Å². The van der Waals surface area contributed by atoms with Crippen LogP contribution in [0.25, 0.3) is 0 Å². The number of esters is 1. The average molecular weight is 427 g/mol. The maximum absolute atomic E-state index is 11.6. The Labute approximate surface area is 185 Å². The third kappa shape index (κ3) is 5.50. The molecule has 1 saturated carbocycles. The molecule has 5 nitrogen and oxygen atoms in total. The molecule has 31 heavy (non-hydrogen) atoms. The SMILES string of the molecule is CC#CC[C@@H](C)[C@@H](O)/C=C/[C@H]1[C@@H]2c3cccc(CCCC(=O)OCC)c3O[C@@H]2C[C@@H]1O. The van der Waals surface area contributed by atoms with Crippen molar-refractivity contribution in [3.05, 3.63) is 41.5 Å². The molecule has 0 bridgehead atoms. The zero-order chi connectivity index (χ0) is 22.4. The number of carbonyl (C=O) groups excluding carboxylic acids is 1. The Kier molecular flexibility index (Phi) is 8.17. The Balaban J connectivity index is 1.70. The van der Waals surface area contributed by atoms with Gasteiger partial charge in [-0.2, -0.15) is 0 Å². The van der Waals surface area contributed by atoms with Crippen LogP contribution in [0, 0.1) is 23.7 Å². The predicted molar refractivity (Wildman–Crippen MR) is 120 cm³/mol. The summed E-state index contributed by atoms with van der Waals surface area (Å²) in [5.41, 5.74) is 2.21. The molecule has 0 saturated heterocycles. The Hall–Kier alpha value is -2.29. The number of aliphatic hydroxyl groups excluding tert-OH is 2. The first-order valence-electron chi connectivity index (χ1n) is 11.3. The molecule has 0 unspecified atom stereocenters. The quantitative estimate of drug-likeness (QED) is 0.357. The van der Waals surface area contributed by atoms with Crippen LogP contribution in [-0.4, -0.2) is 41.1 Å². The highest BCUT2D eigenvalue weighted by atomic mass is 16.5. The summed E-state index contributed by atoms with van der Waals surface area (Å²) in [5.74, 6) is 6.62. The summed E-state index contributed by atoms with van der Waals surface area (Å²) in [6, 6.07) is 6.15. The van der Waals surface area contributed by atoms with Gasteiger partial charge in [0.2, 0.25) is 0 Å². The van der Waals surface area contributed by atoms with E-state index in [0.29, 0.717) is 32.3 Å². The summed E-state index contributed by atoms with van der Waals surface area (Å²) in [6.45, 7) is 5.99. The van der Waals surface area contributed by atoms with Gasteiger partial charge < -0.3 is 19.7 Å². The molecule has 0 radical (unpaired) electrons. The normalized spacial score (nSPS) is 25.8. The maximum atomic E-state index is 11.6. The van der Waals surface area contributed by atoms with E-state index in [1.165, 1.54) is 0 Å². The number of aliphatic hydroxyl groups is 2. The smallest absolute Gasteiger partial charge is 0.305 e. The van der Waals surface area contributed by atoms with Crippen LogP contribution in [0.15, 0.2) is 30.4 Å². The van der Waals surface area contributed by atoms with Crippen LogP contribution < -0.4 is 4.74 Å². The van der Waals surface area contributed by atoms with E-state index in [1.54, 1.807) is 13.0 Å². The molecule has 1 aliphatic carbocycles. The number of benzene rings is 1. The van der Waals surface area contributed by atoms with Crippen LogP contribution in [0.5, 0.6) is 5.75 Å². The first kappa shape index (κ1) is 23.4. The molecular weight excluding hydrogens is 392 g/mol. The first-order valence-corrected chi connectivity index (χ1v) is 11.3. The van der Waals surface area contributed by atoms with Crippen molar-refractivity contribution in [1.82, 2.24) is 0 Å². The standard InChI is InChI=1S/C26H34O5/c1-4-6-9-17(3)21(27)15-14-19-22(28)16-23-25(19)20-12-7-10-18(26(20)31-23)11-8-13-24(29)30-5-2/h7,10,12,14-15,17,19,21-23,25,27-28H,5,8-9,11,13,16H2,1-3H3/b15-14+/t17-,19-,21+,22+,23-,25-/m1/s1. The van der Waals surface area contributed by atoms with Gasteiger partial charge in [0.1, 0.15) is 11.9 Å². The Morgan fingerprint density at radius 1 is 1.42 bits per heavy atom. The monoisotopic (exact) mass is 426 g/mol. The lowest BCUT2D eigenvalue weighted by atomic mass is 9.86. The van der Waals surface area contributed by atoms with Crippen molar-refractivity contribution < 1.29 is 24.5 Å². The molecule has 1 fully saturated rings. The van der Waals surface area contributed by atoms with E-state index >= 15 is 0 Å². The van der Waals surface area contributed by atoms with E-state index in [-0.39, 0.29) is 29.8 Å². The second-order valence-corrected chi connectivity index (χ2v) is 8.54. The van der Waals surface area contributed by atoms with E-state index in [0.717, 1.165) is 23.3 Å². The highest BCUT2D eigenvalue weighted by Crippen LogP contribution is 2.52. The minimum Gasteiger partial charge on any atom is -0.489 e. The lowest BCUT2D eigenvalue weighted by molar-refractivity contribution is -0.143. The van der Waals surface area contributed by atoms with Gasteiger partial charge in [-0.3, -0.25) is 4.79 Å². The van der Waals surface area contributed by atoms with Crippen molar-refractivity contribution in [3.8, 4) is 17.6 Å². The van der Waals surface area contributed by atoms with Crippen molar-refractivity contribution in [2.45, 2.75) is 77.1 Å². The van der Waals surface area contributed by atoms with Gasteiger partial charge in [0, 0.05) is 36.7 Å². The van der Waals surface area contributed by atoms with Crippen LogP contribution in [0.3, 0.4) is 0 Å². The fraction of sp³-hybridized carbons (Fsp3) is 0.577. The van der Waals surface area contributed by atoms with Crippen LogP contribution in [0.1, 0.15) is 63.5 Å². The highest BCUT2D eigenvalue weighted by molar-refractivity contribution is 5.69. The van der Waals surface area contributed by atoms with Gasteiger partial charge in [0.15, 0.2) is 0 Å². The lowest BCUT2D eigenvalue weighted by Gasteiger charge is -2.19. The predicted octanol–water partition coefficient (Wildman–Crippen LogP) is 3.76. The summed E-state index contributed by atoms with van der Waals surface area (Å²) in [5, 5.41) is 21.1. The van der Waals surface area contributed by atoms with E-state index in [1.807, 2.05) is 32.1 Å². The fourth-order valence-corrected chi connectivity index (χ4v) is 4.64. The number of ether oxygens (including phenoxy) is 2. The summed E-state index contributed by atoms with van der Waals surface area (Å²) in [4.78, 5) is 11.6. The summed E-state index contributed by atoms with van der Waals surface area (Å²) in [7, 11) is 0. The van der Waals surface area contributed by atoms with Crippen LogP contribution in [0.2, 0.25) is 0 Å². The molecule has 1 aromatic carbocycles. The molecule has 2 aliphatic rings. The van der Waals surface area contributed by atoms with Crippen molar-refractivity contribution in [2.24, 2.45) is 11.8 Å². The van der Waals surface area contributed by atoms with Gasteiger partial charge in [-0.05, 0) is 38.2 Å². The van der Waals surface area contributed by atoms with Gasteiger partial charge in [0.05, 0.1) is 18.8 Å². The average Bonchev–Trinajstić information content (AvgIpc) is 3.25. The lowest BCUT2D eigenvalue weighted by Crippen LogP contribution is -2.19. The van der Waals surface area contributed by atoms with Crippen LogP contribution >= 0.6 is 0 Å². The minimum absolute atomic E-state index is 0.0381. The van der Waals surface area contributed by atoms with Crippen molar-refractivity contribution in [2.75, 3.05) is 6.61 Å². The molecule has 3 rings (SSSR count). The number of hydrogen-bond donors (Lipinski definition) is 2. The summed E-state index contributed by atoms with van der Waals surface area (Å²) < 4.78 is 11.3. The number of para-hydroxylation sites is 1. The Bertz CT molecular complexity index is 849. The van der Waals surface area contributed by atoms with Gasteiger partial charge in [-0.15, -0.1) is 11.8 Å². The van der Waals surface area contributed by atoms with Gasteiger partial charge >= 0.3 is 5.97 Å². The molecule has 0 amide bonds. The number of aryl methyl sites for hydroxylation is 1. The van der Waals surface area contributed by atoms with Gasteiger partial charge in [0.25, 0.3) is 0 Å². The number of hydrogen-bond acceptors (Lipinski definition) is 5. The number of carbonyl (C=O) groups is 1. The molecule has 1 aromatic rings. The van der Waals surface area contributed by atoms with E-state index in [9.17, 15) is 15.0 Å². The summed E-state index contributed by atoms with van der Waals surface area (Å²) >= 11 is 0. The first-order chi connectivity index (χ1) is 15.0.